The molecule has 0 aromatic heterocycles. The van der Waals surface area contributed by atoms with Gasteiger partial charge in [0, 0.05) is 19.6 Å². The number of hydrogen-bond donors (Lipinski definition) is 1. The minimum Gasteiger partial charge on any atom is -0.481 e. The first-order valence-corrected chi connectivity index (χ1v) is 6.05. The molecule has 1 saturated carbocycles. The van der Waals surface area contributed by atoms with E-state index in [2.05, 4.69) is 24.0 Å². The van der Waals surface area contributed by atoms with E-state index in [1.165, 1.54) is 5.56 Å². The monoisotopic (exact) mass is 231 g/mol. The van der Waals surface area contributed by atoms with Crippen molar-refractivity contribution in [1.29, 1.82) is 0 Å². The number of nitrogens with zero attached hydrogens (tertiary/aromatic N) is 1. The van der Waals surface area contributed by atoms with Crippen molar-refractivity contribution in [3.05, 3.63) is 35.9 Å². The van der Waals surface area contributed by atoms with Gasteiger partial charge in [0.1, 0.15) is 0 Å². The van der Waals surface area contributed by atoms with Crippen molar-refractivity contribution >= 4 is 5.97 Å². The van der Waals surface area contributed by atoms with Crippen LogP contribution in [0.2, 0.25) is 0 Å². The zero-order valence-corrected chi connectivity index (χ0v) is 10.0. The number of hydrogen-bond acceptors (Lipinski definition) is 2. The summed E-state index contributed by atoms with van der Waals surface area (Å²) in [5, 5.41) is 9.34. The quantitative estimate of drug-likeness (QED) is 0.864. The fourth-order valence-electron chi connectivity index (χ4n) is 3.36. The first kappa shape index (κ1) is 10.8. The zero-order chi connectivity index (χ0) is 12.1. The summed E-state index contributed by atoms with van der Waals surface area (Å²) in [6.07, 6.45) is 0.848. The second-order valence-corrected chi connectivity index (χ2v) is 5.76. The van der Waals surface area contributed by atoms with E-state index < -0.39 is 11.4 Å². The van der Waals surface area contributed by atoms with Gasteiger partial charge in [-0.25, -0.2) is 0 Å². The number of carboxylic acids is 1. The van der Waals surface area contributed by atoms with E-state index in [9.17, 15) is 9.90 Å². The Bertz CT molecular complexity index is 459. The minimum absolute atomic E-state index is 0.00755. The van der Waals surface area contributed by atoms with Crippen LogP contribution in [0.1, 0.15) is 18.9 Å². The smallest absolute Gasteiger partial charge is 0.311 e. The fraction of sp³-hybridized carbons (Fsp3) is 0.500. The molecule has 2 atom stereocenters. The van der Waals surface area contributed by atoms with Crippen molar-refractivity contribution in [2.24, 2.45) is 10.8 Å². The van der Waals surface area contributed by atoms with Crippen LogP contribution in [-0.2, 0) is 11.3 Å². The Labute approximate surface area is 101 Å². The van der Waals surface area contributed by atoms with E-state index in [1.807, 2.05) is 18.2 Å². The number of aliphatic carboxylic acids is 1. The molecule has 2 aliphatic rings. The maximum Gasteiger partial charge on any atom is 0.311 e. The van der Waals surface area contributed by atoms with E-state index in [4.69, 9.17) is 0 Å². The molecular weight excluding hydrogens is 214 g/mol. The van der Waals surface area contributed by atoms with Crippen LogP contribution in [0.15, 0.2) is 30.3 Å². The van der Waals surface area contributed by atoms with Crippen molar-refractivity contribution < 1.29 is 9.90 Å². The molecule has 3 heteroatoms. The molecule has 1 heterocycles. The highest BCUT2D eigenvalue weighted by Crippen LogP contribution is 2.68. The Morgan fingerprint density at radius 2 is 2.06 bits per heavy atom. The lowest BCUT2D eigenvalue weighted by atomic mass is 9.99. The van der Waals surface area contributed by atoms with Crippen LogP contribution in [-0.4, -0.2) is 29.1 Å². The largest absolute Gasteiger partial charge is 0.481 e. The lowest BCUT2D eigenvalue weighted by molar-refractivity contribution is -0.144. The summed E-state index contributed by atoms with van der Waals surface area (Å²) < 4.78 is 0. The van der Waals surface area contributed by atoms with Crippen LogP contribution in [0.4, 0.5) is 0 Å². The maximum atomic E-state index is 11.3. The van der Waals surface area contributed by atoms with Gasteiger partial charge in [0.25, 0.3) is 0 Å². The van der Waals surface area contributed by atoms with Gasteiger partial charge < -0.3 is 5.11 Å². The van der Waals surface area contributed by atoms with Crippen LogP contribution in [0.3, 0.4) is 0 Å². The average Bonchev–Trinajstić information content (AvgIpc) is 2.76. The number of likely N-dealkylation sites (tertiary alicyclic amines) is 1. The van der Waals surface area contributed by atoms with Crippen molar-refractivity contribution in [2.75, 3.05) is 13.1 Å². The summed E-state index contributed by atoms with van der Waals surface area (Å²) in [6, 6.07) is 10.3. The third-order valence-electron chi connectivity index (χ3n) is 4.45. The van der Waals surface area contributed by atoms with E-state index in [-0.39, 0.29) is 5.41 Å². The molecule has 2 unspecified atom stereocenters. The lowest BCUT2D eigenvalue weighted by Gasteiger charge is -2.19. The topological polar surface area (TPSA) is 40.5 Å². The molecule has 1 aromatic rings. The first-order valence-electron chi connectivity index (χ1n) is 6.05. The van der Waals surface area contributed by atoms with Gasteiger partial charge in [-0.1, -0.05) is 37.3 Å². The van der Waals surface area contributed by atoms with Gasteiger partial charge >= 0.3 is 5.97 Å². The van der Waals surface area contributed by atoms with E-state index in [0.29, 0.717) is 6.54 Å². The maximum absolute atomic E-state index is 11.3. The normalized spacial score (nSPS) is 35.6. The molecule has 3 nitrogen and oxygen atoms in total. The third kappa shape index (κ3) is 1.49. The predicted octanol–water partition coefficient (Wildman–Crippen LogP) is 1.98. The molecule has 0 bridgehead atoms. The molecule has 1 N–H and O–H groups in total. The molecule has 0 radical (unpaired) electrons. The average molecular weight is 231 g/mol. The van der Waals surface area contributed by atoms with Crippen molar-refractivity contribution in [2.45, 2.75) is 19.9 Å². The molecule has 1 aromatic carbocycles. The van der Waals surface area contributed by atoms with Crippen LogP contribution in [0.5, 0.6) is 0 Å². The van der Waals surface area contributed by atoms with Crippen LogP contribution in [0, 0.1) is 10.8 Å². The summed E-state index contributed by atoms with van der Waals surface area (Å²) in [5.74, 6) is -0.615. The number of rotatable bonds is 3. The minimum atomic E-state index is -0.615. The Morgan fingerprint density at radius 3 is 2.65 bits per heavy atom. The fourth-order valence-corrected chi connectivity index (χ4v) is 3.36. The molecule has 90 valence electrons. The van der Waals surface area contributed by atoms with Gasteiger partial charge in [0.2, 0.25) is 0 Å². The summed E-state index contributed by atoms with van der Waals surface area (Å²) >= 11 is 0. The number of carboxylic acid groups (broad SMARTS) is 1. The summed E-state index contributed by atoms with van der Waals surface area (Å²) in [7, 11) is 0. The van der Waals surface area contributed by atoms with Gasteiger partial charge in [-0.2, -0.15) is 0 Å². The zero-order valence-electron chi connectivity index (χ0n) is 10.0. The standard InChI is InChI=1S/C14H17NO2/c1-13-8-14(13,12(16)17)10-15(9-13)7-11-5-3-2-4-6-11/h2-6H,7-10H2,1H3,(H,16,17). The molecule has 0 spiro atoms. The van der Waals surface area contributed by atoms with Gasteiger partial charge in [-0.3, -0.25) is 9.69 Å². The van der Waals surface area contributed by atoms with E-state index in [1.54, 1.807) is 0 Å². The number of piperidine rings is 1. The summed E-state index contributed by atoms with van der Waals surface area (Å²) in [4.78, 5) is 13.6. The highest BCUT2D eigenvalue weighted by Gasteiger charge is 2.73. The molecule has 2 fully saturated rings. The SMILES string of the molecule is CC12CN(Cc3ccccc3)CC1(C(=O)O)C2. The molecule has 1 saturated heterocycles. The Balaban J connectivity index is 1.72. The summed E-state index contributed by atoms with van der Waals surface area (Å²) in [6.45, 7) is 4.58. The van der Waals surface area contributed by atoms with Crippen LogP contribution < -0.4 is 0 Å². The Kier molecular flexibility index (Phi) is 2.11. The highest BCUT2D eigenvalue weighted by molar-refractivity contribution is 5.81. The van der Waals surface area contributed by atoms with E-state index in [0.717, 1.165) is 19.5 Å². The molecule has 17 heavy (non-hydrogen) atoms. The van der Waals surface area contributed by atoms with Crippen LogP contribution in [0.25, 0.3) is 0 Å². The molecule has 1 aliphatic carbocycles. The highest BCUT2D eigenvalue weighted by atomic mass is 16.4. The number of fused-ring (bicyclic) bond motifs is 1. The van der Waals surface area contributed by atoms with E-state index >= 15 is 0 Å². The number of benzene rings is 1. The van der Waals surface area contributed by atoms with Crippen molar-refractivity contribution in [3.63, 3.8) is 0 Å². The summed E-state index contributed by atoms with van der Waals surface area (Å²) in [5.41, 5.74) is 0.813. The lowest BCUT2D eigenvalue weighted by Crippen LogP contribution is -2.28. The number of carbonyl (C=O) groups is 1. The van der Waals surface area contributed by atoms with Crippen LogP contribution >= 0.6 is 0 Å². The van der Waals surface area contributed by atoms with Gasteiger partial charge in [0.15, 0.2) is 0 Å². The van der Waals surface area contributed by atoms with Gasteiger partial charge in [0.05, 0.1) is 5.41 Å². The molecule has 1 aliphatic heterocycles. The molecule has 0 amide bonds. The van der Waals surface area contributed by atoms with Crippen molar-refractivity contribution in [3.8, 4) is 0 Å². The molecule has 3 rings (SSSR count). The van der Waals surface area contributed by atoms with Gasteiger partial charge in [-0.15, -0.1) is 0 Å². The van der Waals surface area contributed by atoms with Gasteiger partial charge in [-0.05, 0) is 17.4 Å². The Hall–Kier alpha value is -1.35. The third-order valence-corrected chi connectivity index (χ3v) is 4.45. The second kappa shape index (κ2) is 3.33. The van der Waals surface area contributed by atoms with Crippen molar-refractivity contribution in [1.82, 2.24) is 4.90 Å². The molecular formula is C14H17NO2. The predicted molar refractivity (Wildman–Crippen MR) is 64.5 cm³/mol. The Morgan fingerprint density at radius 1 is 1.35 bits per heavy atom. The second-order valence-electron chi connectivity index (χ2n) is 5.76. The first-order chi connectivity index (χ1) is 8.06.